The highest BCUT2D eigenvalue weighted by Gasteiger charge is 2.43. The van der Waals surface area contributed by atoms with Crippen molar-refractivity contribution in [1.29, 1.82) is 0 Å². The Labute approximate surface area is 181 Å². The minimum Gasteiger partial charge on any atom is -0.486 e. The number of amides is 1. The van der Waals surface area contributed by atoms with Crippen LogP contribution in [0.5, 0.6) is 5.75 Å². The van der Waals surface area contributed by atoms with Crippen molar-refractivity contribution >= 4 is 22.7 Å². The molecule has 2 aromatic heterocycles. The maximum atomic E-state index is 13.3. The van der Waals surface area contributed by atoms with Crippen molar-refractivity contribution in [3.05, 3.63) is 59.1 Å². The van der Waals surface area contributed by atoms with Gasteiger partial charge < -0.3 is 14.5 Å². The van der Waals surface area contributed by atoms with Gasteiger partial charge in [0.25, 0.3) is 5.91 Å². The molecular weight excluding hydrogens is 392 g/mol. The van der Waals surface area contributed by atoms with Crippen molar-refractivity contribution in [3.8, 4) is 5.75 Å². The van der Waals surface area contributed by atoms with Gasteiger partial charge >= 0.3 is 0 Å². The summed E-state index contributed by atoms with van der Waals surface area (Å²) in [4.78, 5) is 30.1. The van der Waals surface area contributed by atoms with Crippen LogP contribution in [0.25, 0.3) is 11.0 Å². The van der Waals surface area contributed by atoms with Crippen LogP contribution < -0.4 is 10.1 Å². The number of fused-ring (bicyclic) bond motifs is 3. The zero-order valence-electron chi connectivity index (χ0n) is 17.9. The third kappa shape index (κ3) is 3.50. The molecule has 1 amide bonds. The maximum Gasteiger partial charge on any atom is 0.287 e. The molecule has 31 heavy (non-hydrogen) atoms. The predicted octanol–water partition coefficient (Wildman–Crippen LogP) is 4.98. The first-order chi connectivity index (χ1) is 15.0. The summed E-state index contributed by atoms with van der Waals surface area (Å²) >= 11 is 0. The van der Waals surface area contributed by atoms with Crippen molar-refractivity contribution in [1.82, 2.24) is 10.3 Å². The Balaban J connectivity index is 1.45. The van der Waals surface area contributed by atoms with E-state index in [1.165, 1.54) is 0 Å². The van der Waals surface area contributed by atoms with Crippen LogP contribution in [-0.2, 0) is 6.54 Å². The number of carbonyl (C=O) groups is 2. The number of aryl methyl sites for hydroxylation is 1. The largest absolute Gasteiger partial charge is 0.486 e. The number of rotatable bonds is 3. The van der Waals surface area contributed by atoms with Crippen LogP contribution in [0, 0.1) is 12.8 Å². The molecule has 1 aromatic carbocycles. The molecule has 3 aromatic rings. The summed E-state index contributed by atoms with van der Waals surface area (Å²) < 4.78 is 12.3. The van der Waals surface area contributed by atoms with E-state index < -0.39 is 0 Å². The molecule has 1 aliphatic carbocycles. The molecule has 0 bridgehead atoms. The number of carbonyl (C=O) groups excluding carboxylic acids is 2. The molecule has 3 heterocycles. The lowest BCUT2D eigenvalue weighted by atomic mass is 9.74. The molecule has 1 saturated carbocycles. The monoisotopic (exact) mass is 418 g/mol. The fraction of sp³-hybridized carbons (Fsp3) is 0.400. The molecule has 1 N–H and O–H groups in total. The number of nitrogens with one attached hydrogen (secondary N) is 1. The molecule has 160 valence electrons. The maximum absolute atomic E-state index is 13.3. The lowest BCUT2D eigenvalue weighted by Crippen LogP contribution is -2.44. The Hall–Kier alpha value is -3.15. The van der Waals surface area contributed by atoms with E-state index in [0.29, 0.717) is 46.7 Å². The Kier molecular flexibility index (Phi) is 4.80. The minimum atomic E-state index is -0.383. The van der Waals surface area contributed by atoms with E-state index in [-0.39, 0.29) is 23.1 Å². The van der Waals surface area contributed by atoms with Crippen molar-refractivity contribution in [2.75, 3.05) is 0 Å². The van der Waals surface area contributed by atoms with Crippen LogP contribution in [0.4, 0.5) is 0 Å². The molecule has 1 fully saturated rings. The van der Waals surface area contributed by atoms with Gasteiger partial charge in [0.1, 0.15) is 16.9 Å². The molecule has 0 unspecified atom stereocenters. The van der Waals surface area contributed by atoms with Gasteiger partial charge in [-0.05, 0) is 62.3 Å². The molecule has 6 heteroatoms. The number of hydrogen-bond donors (Lipinski definition) is 1. The Morgan fingerprint density at radius 3 is 2.81 bits per heavy atom. The molecule has 0 saturated heterocycles. The van der Waals surface area contributed by atoms with Gasteiger partial charge in [0, 0.05) is 29.9 Å². The highest BCUT2D eigenvalue weighted by Crippen LogP contribution is 2.46. The molecule has 6 nitrogen and oxygen atoms in total. The van der Waals surface area contributed by atoms with Gasteiger partial charge in [0.05, 0.1) is 12.0 Å². The summed E-state index contributed by atoms with van der Waals surface area (Å²) in [7, 11) is 0. The van der Waals surface area contributed by atoms with Crippen molar-refractivity contribution in [2.45, 2.75) is 58.1 Å². The number of benzene rings is 1. The van der Waals surface area contributed by atoms with E-state index in [9.17, 15) is 9.59 Å². The average molecular weight is 418 g/mol. The fourth-order valence-electron chi connectivity index (χ4n) is 4.88. The molecule has 2 aliphatic rings. The second kappa shape index (κ2) is 7.52. The second-order valence-corrected chi connectivity index (χ2v) is 8.98. The van der Waals surface area contributed by atoms with Gasteiger partial charge in [0.2, 0.25) is 0 Å². The minimum absolute atomic E-state index is 0.0765. The van der Waals surface area contributed by atoms with Gasteiger partial charge in [-0.15, -0.1) is 0 Å². The Bertz CT molecular complexity index is 1160. The highest BCUT2D eigenvalue weighted by atomic mass is 16.5. The quantitative estimate of drug-likeness (QED) is 0.649. The molecule has 5 rings (SSSR count). The van der Waals surface area contributed by atoms with Crippen LogP contribution in [0.1, 0.15) is 71.1 Å². The third-order valence-corrected chi connectivity index (χ3v) is 6.71. The van der Waals surface area contributed by atoms with Gasteiger partial charge in [-0.1, -0.05) is 13.0 Å². The van der Waals surface area contributed by atoms with E-state index in [2.05, 4.69) is 17.2 Å². The smallest absolute Gasteiger partial charge is 0.287 e. The van der Waals surface area contributed by atoms with E-state index in [4.69, 9.17) is 9.15 Å². The Morgan fingerprint density at radius 2 is 2.06 bits per heavy atom. The molecule has 1 aliphatic heterocycles. The topological polar surface area (TPSA) is 81.4 Å². The van der Waals surface area contributed by atoms with Crippen LogP contribution in [0.15, 0.2) is 41.1 Å². The van der Waals surface area contributed by atoms with Crippen LogP contribution in [0.3, 0.4) is 0 Å². The lowest BCUT2D eigenvalue weighted by molar-refractivity contribution is 0.00430. The fourth-order valence-corrected chi connectivity index (χ4v) is 4.88. The number of hydrogen-bond acceptors (Lipinski definition) is 5. The van der Waals surface area contributed by atoms with E-state index in [1.807, 2.05) is 25.1 Å². The number of ether oxygens (including phenoxy) is 1. The van der Waals surface area contributed by atoms with Crippen molar-refractivity contribution in [2.24, 2.45) is 5.92 Å². The SMILES string of the molecule is Cc1c(C(=O)NCc2cccnc2)oc2ccc3c(c12)C(=O)CC1(CCC(C)CC1)O3. The van der Waals surface area contributed by atoms with E-state index in [1.54, 1.807) is 18.5 Å². The number of pyridine rings is 1. The van der Waals surface area contributed by atoms with E-state index >= 15 is 0 Å². The first kappa shape index (κ1) is 19.8. The molecular formula is C25H26N2O4. The van der Waals surface area contributed by atoms with Gasteiger partial charge in [-0.3, -0.25) is 14.6 Å². The van der Waals surface area contributed by atoms with Gasteiger partial charge in [-0.25, -0.2) is 0 Å². The van der Waals surface area contributed by atoms with Crippen LogP contribution >= 0.6 is 0 Å². The first-order valence-electron chi connectivity index (χ1n) is 10.9. The first-order valence-corrected chi connectivity index (χ1v) is 10.9. The summed E-state index contributed by atoms with van der Waals surface area (Å²) in [5.74, 6) is 1.29. The summed E-state index contributed by atoms with van der Waals surface area (Å²) in [5, 5.41) is 3.56. The van der Waals surface area contributed by atoms with Crippen LogP contribution in [-0.4, -0.2) is 22.3 Å². The summed E-state index contributed by atoms with van der Waals surface area (Å²) in [5.41, 5.74) is 2.27. The van der Waals surface area contributed by atoms with Crippen molar-refractivity contribution in [3.63, 3.8) is 0 Å². The number of Topliss-reactive ketones (excluding diaryl/α,β-unsaturated/α-hetero) is 1. The number of nitrogens with zero attached hydrogens (tertiary/aromatic N) is 1. The molecule has 0 radical (unpaired) electrons. The zero-order valence-corrected chi connectivity index (χ0v) is 17.9. The Morgan fingerprint density at radius 1 is 1.26 bits per heavy atom. The summed E-state index contributed by atoms with van der Waals surface area (Å²) in [6.07, 6.45) is 7.76. The zero-order chi connectivity index (χ0) is 21.6. The number of aromatic nitrogens is 1. The average Bonchev–Trinajstić information content (AvgIpc) is 3.11. The third-order valence-electron chi connectivity index (χ3n) is 6.71. The predicted molar refractivity (Wildman–Crippen MR) is 116 cm³/mol. The second-order valence-electron chi connectivity index (χ2n) is 8.98. The highest BCUT2D eigenvalue weighted by molar-refractivity contribution is 6.13. The molecule has 0 atom stereocenters. The summed E-state index contributed by atoms with van der Waals surface area (Å²) in [6.45, 7) is 4.43. The van der Waals surface area contributed by atoms with Crippen LogP contribution in [0.2, 0.25) is 0 Å². The number of ketones is 1. The van der Waals surface area contributed by atoms with Gasteiger partial charge in [0.15, 0.2) is 11.5 Å². The molecule has 1 spiro atoms. The van der Waals surface area contributed by atoms with Gasteiger partial charge in [-0.2, -0.15) is 0 Å². The van der Waals surface area contributed by atoms with E-state index in [0.717, 1.165) is 31.2 Å². The standard InChI is InChI=1S/C25H26N2O4/c1-15-7-9-25(10-8-15)12-18(28)22-20(31-25)6-5-19-21(22)16(2)23(30-19)24(29)27-14-17-4-3-11-26-13-17/h3-6,11,13,15H,7-10,12,14H2,1-2H3,(H,27,29). The van der Waals surface area contributed by atoms with Crippen molar-refractivity contribution < 1.29 is 18.7 Å². The number of furan rings is 1. The lowest BCUT2D eigenvalue weighted by Gasteiger charge is -2.42. The normalized spacial score (nSPS) is 22.9. The summed E-state index contributed by atoms with van der Waals surface area (Å²) in [6, 6.07) is 7.34.